The lowest BCUT2D eigenvalue weighted by atomic mass is 10.0. The van der Waals surface area contributed by atoms with Gasteiger partial charge in [0.05, 0.1) is 5.69 Å². The molecule has 0 aliphatic heterocycles. The lowest BCUT2D eigenvalue weighted by Gasteiger charge is -2.14. The highest BCUT2D eigenvalue weighted by molar-refractivity contribution is 6.04. The van der Waals surface area contributed by atoms with Gasteiger partial charge in [-0.3, -0.25) is 15.0 Å². The summed E-state index contributed by atoms with van der Waals surface area (Å²) < 4.78 is 57.9. The van der Waals surface area contributed by atoms with Crippen LogP contribution in [0.2, 0.25) is 0 Å². The molecular formula is C23H27F4N3O3. The number of benzene rings is 1. The molecule has 0 aliphatic carbocycles. The van der Waals surface area contributed by atoms with Crippen molar-refractivity contribution < 1.29 is 31.6 Å². The average molecular weight is 469 g/mol. The standard InChI is InChI=1S/C23H27F4N3O3/c1-16-12-20(21(33-16)23(25,26)27)29-22(32)18(13-17-8-7-10-19(24)14-17)9-5-3-4-6-11-30(2)28-15-31/h7-10,12,14-15H,3-6,11,13H2,1-2H3,(H,28,31)(H,29,32)/b18-9+. The molecule has 1 aromatic carbocycles. The zero-order valence-electron chi connectivity index (χ0n) is 18.5. The van der Waals surface area contributed by atoms with Gasteiger partial charge < -0.3 is 9.73 Å². The number of unbranched alkanes of at least 4 members (excludes halogenated alkanes) is 3. The number of carbonyl (C=O) groups is 2. The third-order valence-electron chi connectivity index (χ3n) is 4.80. The number of halogens is 4. The van der Waals surface area contributed by atoms with Crippen LogP contribution in [-0.4, -0.2) is 30.9 Å². The highest BCUT2D eigenvalue weighted by atomic mass is 19.4. The molecule has 1 aromatic heterocycles. The molecule has 33 heavy (non-hydrogen) atoms. The van der Waals surface area contributed by atoms with Crippen LogP contribution in [0.1, 0.15) is 42.8 Å². The molecule has 0 spiro atoms. The molecule has 2 aromatic rings. The second-order valence-corrected chi connectivity index (χ2v) is 7.61. The van der Waals surface area contributed by atoms with Crippen LogP contribution >= 0.6 is 0 Å². The molecule has 0 saturated heterocycles. The molecule has 0 unspecified atom stereocenters. The first-order valence-electron chi connectivity index (χ1n) is 10.4. The van der Waals surface area contributed by atoms with Crippen molar-refractivity contribution in [2.24, 2.45) is 0 Å². The fourth-order valence-electron chi connectivity index (χ4n) is 3.23. The largest absolute Gasteiger partial charge is 0.455 e. The van der Waals surface area contributed by atoms with Crippen LogP contribution in [0.25, 0.3) is 0 Å². The Morgan fingerprint density at radius 1 is 1.18 bits per heavy atom. The molecule has 180 valence electrons. The minimum atomic E-state index is -4.75. The smallest absolute Gasteiger partial charge is 0.451 e. The van der Waals surface area contributed by atoms with E-state index in [9.17, 15) is 27.2 Å². The molecule has 2 N–H and O–H groups in total. The van der Waals surface area contributed by atoms with Gasteiger partial charge in [-0.1, -0.05) is 24.6 Å². The molecular weight excluding hydrogens is 442 g/mol. The summed E-state index contributed by atoms with van der Waals surface area (Å²) >= 11 is 0. The Morgan fingerprint density at radius 2 is 1.94 bits per heavy atom. The third kappa shape index (κ3) is 8.72. The van der Waals surface area contributed by atoms with E-state index in [1.165, 1.54) is 25.1 Å². The summed E-state index contributed by atoms with van der Waals surface area (Å²) in [6, 6.07) is 6.81. The molecule has 0 saturated carbocycles. The van der Waals surface area contributed by atoms with Gasteiger partial charge in [0.25, 0.3) is 5.91 Å². The van der Waals surface area contributed by atoms with Crippen molar-refractivity contribution in [3.63, 3.8) is 0 Å². The van der Waals surface area contributed by atoms with Crippen molar-refractivity contribution in [1.29, 1.82) is 0 Å². The Balaban J connectivity index is 2.09. The number of nitrogens with one attached hydrogen (secondary N) is 2. The predicted molar refractivity (Wildman–Crippen MR) is 116 cm³/mol. The highest BCUT2D eigenvalue weighted by Crippen LogP contribution is 2.37. The van der Waals surface area contributed by atoms with Gasteiger partial charge >= 0.3 is 6.18 Å². The van der Waals surface area contributed by atoms with E-state index in [0.29, 0.717) is 24.9 Å². The SMILES string of the molecule is Cc1cc(NC(=O)/C(=C/CCCCCN(C)NC=O)Cc2cccc(F)c2)c(C(F)(F)F)o1. The quantitative estimate of drug-likeness (QED) is 0.151. The number of anilines is 1. The third-order valence-corrected chi connectivity index (χ3v) is 4.80. The molecule has 2 rings (SSSR count). The summed E-state index contributed by atoms with van der Waals surface area (Å²) in [7, 11) is 1.74. The van der Waals surface area contributed by atoms with E-state index in [2.05, 4.69) is 10.7 Å². The molecule has 1 heterocycles. The van der Waals surface area contributed by atoms with E-state index in [4.69, 9.17) is 4.42 Å². The van der Waals surface area contributed by atoms with Crippen LogP contribution in [0.4, 0.5) is 23.2 Å². The van der Waals surface area contributed by atoms with Gasteiger partial charge in [0.15, 0.2) is 0 Å². The van der Waals surface area contributed by atoms with E-state index in [-0.39, 0.29) is 17.8 Å². The van der Waals surface area contributed by atoms with Crippen LogP contribution in [0.5, 0.6) is 0 Å². The van der Waals surface area contributed by atoms with Crippen molar-refractivity contribution in [1.82, 2.24) is 10.4 Å². The monoisotopic (exact) mass is 469 g/mol. The summed E-state index contributed by atoms with van der Waals surface area (Å²) in [6.45, 7) is 2.01. The van der Waals surface area contributed by atoms with E-state index in [1.807, 2.05) is 0 Å². The highest BCUT2D eigenvalue weighted by Gasteiger charge is 2.38. The molecule has 6 nitrogen and oxygen atoms in total. The predicted octanol–water partition coefficient (Wildman–Crippen LogP) is 5.01. The lowest BCUT2D eigenvalue weighted by molar-refractivity contribution is -0.152. The molecule has 0 aliphatic rings. The van der Waals surface area contributed by atoms with Gasteiger partial charge in [0, 0.05) is 31.7 Å². The van der Waals surface area contributed by atoms with Crippen molar-refractivity contribution in [2.75, 3.05) is 18.9 Å². The number of amides is 2. The molecule has 0 atom stereocenters. The minimum Gasteiger partial charge on any atom is -0.455 e. The van der Waals surface area contributed by atoms with Crippen LogP contribution in [0.3, 0.4) is 0 Å². The number of furan rings is 1. The van der Waals surface area contributed by atoms with Gasteiger partial charge in [-0.25, -0.2) is 9.40 Å². The van der Waals surface area contributed by atoms with Crippen LogP contribution in [-0.2, 0) is 22.2 Å². The molecule has 2 amide bonds. The zero-order valence-corrected chi connectivity index (χ0v) is 18.5. The van der Waals surface area contributed by atoms with Crippen LogP contribution in [0, 0.1) is 12.7 Å². The zero-order chi connectivity index (χ0) is 24.4. The number of carbonyl (C=O) groups excluding carboxylic acids is 2. The Labute approximate surface area is 189 Å². The Bertz CT molecular complexity index is 970. The summed E-state index contributed by atoms with van der Waals surface area (Å²) in [6.07, 6.45) is 0.421. The van der Waals surface area contributed by atoms with E-state index >= 15 is 0 Å². The number of alkyl halides is 3. The molecule has 0 radical (unpaired) electrons. The van der Waals surface area contributed by atoms with Crippen LogP contribution in [0.15, 0.2) is 46.4 Å². The maximum Gasteiger partial charge on any atom is 0.451 e. The maximum atomic E-state index is 13.6. The Morgan fingerprint density at radius 3 is 2.61 bits per heavy atom. The maximum absolute atomic E-state index is 13.6. The van der Waals surface area contributed by atoms with Gasteiger partial charge in [-0.15, -0.1) is 0 Å². The van der Waals surface area contributed by atoms with Crippen molar-refractivity contribution in [3.05, 3.63) is 64.9 Å². The number of hydrazine groups is 1. The van der Waals surface area contributed by atoms with Crippen molar-refractivity contribution in [3.8, 4) is 0 Å². The van der Waals surface area contributed by atoms with E-state index in [0.717, 1.165) is 25.3 Å². The number of rotatable bonds is 12. The summed E-state index contributed by atoms with van der Waals surface area (Å²) in [5.41, 5.74) is 2.81. The number of allylic oxidation sites excluding steroid dienone is 1. The first-order chi connectivity index (χ1) is 15.6. The summed E-state index contributed by atoms with van der Waals surface area (Å²) in [5.74, 6) is -2.43. The normalized spacial score (nSPS) is 12.2. The Kier molecular flexibility index (Phi) is 9.65. The van der Waals surface area contributed by atoms with Gasteiger partial charge in [0.2, 0.25) is 12.2 Å². The van der Waals surface area contributed by atoms with Crippen LogP contribution < -0.4 is 10.7 Å². The first kappa shape index (κ1) is 26.1. The summed E-state index contributed by atoms with van der Waals surface area (Å²) in [5, 5.41) is 3.94. The first-order valence-corrected chi connectivity index (χ1v) is 10.4. The van der Waals surface area contributed by atoms with Gasteiger partial charge in [-0.2, -0.15) is 13.2 Å². The molecule has 0 fully saturated rings. The van der Waals surface area contributed by atoms with Gasteiger partial charge in [-0.05, 0) is 43.9 Å². The second-order valence-electron chi connectivity index (χ2n) is 7.61. The summed E-state index contributed by atoms with van der Waals surface area (Å²) in [4.78, 5) is 23.2. The van der Waals surface area contributed by atoms with E-state index in [1.54, 1.807) is 24.2 Å². The van der Waals surface area contributed by atoms with Crippen molar-refractivity contribution >= 4 is 18.0 Å². The number of aryl methyl sites for hydroxylation is 1. The number of nitrogens with zero attached hydrogens (tertiary/aromatic N) is 1. The fraction of sp³-hybridized carbons (Fsp3) is 0.391. The number of hydrogen-bond acceptors (Lipinski definition) is 4. The van der Waals surface area contributed by atoms with Gasteiger partial charge in [0.1, 0.15) is 11.6 Å². The number of hydrogen-bond donors (Lipinski definition) is 2. The van der Waals surface area contributed by atoms with E-state index < -0.39 is 29.3 Å². The molecule has 0 bridgehead atoms. The Hall–Kier alpha value is -3.14. The lowest BCUT2D eigenvalue weighted by Crippen LogP contribution is -2.33. The fourth-order valence-corrected chi connectivity index (χ4v) is 3.23. The van der Waals surface area contributed by atoms with Crippen molar-refractivity contribution in [2.45, 2.75) is 45.2 Å². The molecule has 10 heteroatoms. The minimum absolute atomic E-state index is 0.0160. The second kappa shape index (κ2) is 12.2. The average Bonchev–Trinajstić information content (AvgIpc) is 3.10. The topological polar surface area (TPSA) is 74.6 Å².